The Morgan fingerprint density at radius 3 is 2.37 bits per heavy atom. The van der Waals surface area contributed by atoms with Crippen molar-refractivity contribution in [3.8, 4) is 0 Å². The summed E-state index contributed by atoms with van der Waals surface area (Å²) in [4.78, 5) is 42.7. The van der Waals surface area contributed by atoms with Crippen molar-refractivity contribution < 1.29 is 36.3 Å². The number of amides is 3. The van der Waals surface area contributed by atoms with E-state index < -0.39 is 52.7 Å². The van der Waals surface area contributed by atoms with Crippen molar-refractivity contribution in [1.29, 1.82) is 0 Å². The Bertz CT molecular complexity index is 1710. The van der Waals surface area contributed by atoms with E-state index in [4.69, 9.17) is 11.6 Å². The quantitative estimate of drug-likeness (QED) is 0.237. The predicted octanol–water partition coefficient (Wildman–Crippen LogP) is 6.37. The van der Waals surface area contributed by atoms with Crippen LogP contribution in [-0.4, -0.2) is 22.7 Å². The topological polar surface area (TPSA) is 100 Å². The van der Waals surface area contributed by atoms with Crippen LogP contribution in [-0.2, 0) is 6.18 Å². The van der Waals surface area contributed by atoms with Crippen LogP contribution in [0.5, 0.6) is 0 Å². The molecule has 7 nitrogen and oxygen atoms in total. The van der Waals surface area contributed by atoms with Crippen LogP contribution in [0.2, 0.25) is 5.02 Å². The summed E-state index contributed by atoms with van der Waals surface area (Å²) in [5, 5.41) is 7.69. The molecule has 0 saturated heterocycles. The van der Waals surface area contributed by atoms with Gasteiger partial charge in [0.15, 0.2) is 0 Å². The molecule has 0 radical (unpaired) electrons. The number of rotatable bonds is 5. The highest BCUT2D eigenvalue weighted by molar-refractivity contribution is 6.31. The van der Waals surface area contributed by atoms with Crippen LogP contribution in [0.15, 0.2) is 73.1 Å². The lowest BCUT2D eigenvalue weighted by Gasteiger charge is -2.19. The van der Waals surface area contributed by atoms with Crippen molar-refractivity contribution in [3.63, 3.8) is 0 Å². The molecule has 0 bridgehead atoms. The number of halogens is 6. The number of nitrogens with zero attached hydrogens (tertiary/aromatic N) is 1. The molecule has 3 amide bonds. The molecule has 0 saturated carbocycles. The molecule has 0 aliphatic carbocycles. The van der Waals surface area contributed by atoms with Gasteiger partial charge in [0.05, 0.1) is 17.2 Å². The van der Waals surface area contributed by atoms with E-state index in [1.165, 1.54) is 42.7 Å². The van der Waals surface area contributed by atoms with Gasteiger partial charge in [0.2, 0.25) is 0 Å². The molecule has 0 spiro atoms. The standard InChI is InChI=1S/C28H16ClF5N4O3/c29-21-4-3-16(30)9-19(21)24-23-20(27(41)38-24)10-18(36-25(39)13-2-1-5-35-12-13)11-22(23)37-26(40)14-6-15(28(32,33)34)8-17(31)7-14/h1-12,24H,(H,36,39)(H,37,40)(H,38,41)/t24-/m1/s1. The Labute approximate surface area is 233 Å². The van der Waals surface area contributed by atoms with E-state index in [1.54, 1.807) is 0 Å². The molecule has 1 aliphatic rings. The number of aromatic nitrogens is 1. The van der Waals surface area contributed by atoms with Crippen molar-refractivity contribution in [1.82, 2.24) is 10.3 Å². The maximum atomic E-state index is 14.1. The van der Waals surface area contributed by atoms with Crippen molar-refractivity contribution >= 4 is 40.7 Å². The molecule has 2 heterocycles. The van der Waals surface area contributed by atoms with Gasteiger partial charge in [0.1, 0.15) is 11.6 Å². The van der Waals surface area contributed by atoms with Crippen LogP contribution in [0.4, 0.5) is 33.3 Å². The van der Waals surface area contributed by atoms with Crippen LogP contribution in [0, 0.1) is 11.6 Å². The van der Waals surface area contributed by atoms with E-state index in [1.807, 2.05) is 0 Å². The van der Waals surface area contributed by atoms with Gasteiger partial charge in [0.25, 0.3) is 17.7 Å². The van der Waals surface area contributed by atoms with Gasteiger partial charge in [-0.2, -0.15) is 13.2 Å². The van der Waals surface area contributed by atoms with E-state index in [0.717, 1.165) is 12.1 Å². The Kier molecular flexibility index (Phi) is 7.18. The number of carbonyl (C=O) groups excluding carboxylic acids is 3. The molecule has 1 atom stereocenters. The van der Waals surface area contributed by atoms with Gasteiger partial charge in [-0.3, -0.25) is 19.4 Å². The number of alkyl halides is 3. The molecule has 5 rings (SSSR count). The number of hydrogen-bond donors (Lipinski definition) is 3. The smallest absolute Gasteiger partial charge is 0.341 e. The summed E-state index contributed by atoms with van der Waals surface area (Å²) < 4.78 is 67.9. The fraction of sp³-hybridized carbons (Fsp3) is 0.0714. The first-order valence-electron chi connectivity index (χ1n) is 11.7. The first-order chi connectivity index (χ1) is 19.4. The molecule has 208 valence electrons. The summed E-state index contributed by atoms with van der Waals surface area (Å²) in [5.41, 5.74) is -1.77. The highest BCUT2D eigenvalue weighted by Crippen LogP contribution is 2.41. The largest absolute Gasteiger partial charge is 0.416 e. The van der Waals surface area contributed by atoms with E-state index in [-0.39, 0.29) is 44.7 Å². The van der Waals surface area contributed by atoms with Gasteiger partial charge in [-0.15, -0.1) is 0 Å². The molecule has 13 heteroatoms. The van der Waals surface area contributed by atoms with Gasteiger partial charge in [-0.25, -0.2) is 8.78 Å². The van der Waals surface area contributed by atoms with Crippen LogP contribution in [0.3, 0.4) is 0 Å². The van der Waals surface area contributed by atoms with Crippen molar-refractivity contribution in [2.75, 3.05) is 10.6 Å². The predicted molar refractivity (Wildman–Crippen MR) is 139 cm³/mol. The third-order valence-electron chi connectivity index (χ3n) is 6.17. The van der Waals surface area contributed by atoms with E-state index in [9.17, 15) is 36.3 Å². The highest BCUT2D eigenvalue weighted by atomic mass is 35.5. The number of anilines is 2. The van der Waals surface area contributed by atoms with Crippen LogP contribution in [0.25, 0.3) is 0 Å². The summed E-state index contributed by atoms with van der Waals surface area (Å²) in [6.45, 7) is 0. The zero-order chi connectivity index (χ0) is 29.5. The molecular formula is C28H16ClF5N4O3. The van der Waals surface area contributed by atoms with Crippen molar-refractivity contribution in [2.45, 2.75) is 12.2 Å². The van der Waals surface area contributed by atoms with Gasteiger partial charge in [-0.05, 0) is 60.7 Å². The van der Waals surface area contributed by atoms with Gasteiger partial charge >= 0.3 is 6.18 Å². The number of pyridine rings is 1. The molecule has 1 aromatic heterocycles. The Balaban J connectivity index is 1.60. The second-order valence-electron chi connectivity index (χ2n) is 8.93. The second kappa shape index (κ2) is 10.6. The number of carbonyl (C=O) groups is 3. The lowest BCUT2D eigenvalue weighted by molar-refractivity contribution is -0.137. The minimum atomic E-state index is -4.93. The molecule has 4 aromatic rings. The van der Waals surface area contributed by atoms with Crippen LogP contribution in [0.1, 0.15) is 53.8 Å². The van der Waals surface area contributed by atoms with Gasteiger partial charge < -0.3 is 16.0 Å². The average molecular weight is 587 g/mol. The summed E-state index contributed by atoms with van der Waals surface area (Å²) in [6.07, 6.45) is -2.18. The number of fused-ring (bicyclic) bond motifs is 1. The molecule has 3 aromatic carbocycles. The maximum Gasteiger partial charge on any atom is 0.416 e. The maximum absolute atomic E-state index is 14.1. The van der Waals surface area contributed by atoms with E-state index in [0.29, 0.717) is 12.1 Å². The minimum Gasteiger partial charge on any atom is -0.341 e. The second-order valence-corrected chi connectivity index (χ2v) is 9.34. The lowest BCUT2D eigenvalue weighted by atomic mass is 9.95. The Morgan fingerprint density at radius 2 is 1.66 bits per heavy atom. The molecular weight excluding hydrogens is 571 g/mol. The van der Waals surface area contributed by atoms with Crippen molar-refractivity contribution in [3.05, 3.63) is 123 Å². The molecule has 0 unspecified atom stereocenters. The zero-order valence-corrected chi connectivity index (χ0v) is 21.2. The first-order valence-corrected chi connectivity index (χ1v) is 12.1. The summed E-state index contributed by atoms with van der Waals surface area (Å²) in [6, 6.07) is 9.27. The third kappa shape index (κ3) is 5.73. The first kappa shape index (κ1) is 27.7. The molecule has 1 aliphatic heterocycles. The normalized spacial score (nSPS) is 14.3. The van der Waals surface area contributed by atoms with Gasteiger partial charge in [0, 0.05) is 51.0 Å². The van der Waals surface area contributed by atoms with E-state index in [2.05, 4.69) is 20.9 Å². The van der Waals surface area contributed by atoms with Crippen LogP contribution >= 0.6 is 11.6 Å². The Morgan fingerprint density at radius 1 is 0.902 bits per heavy atom. The number of nitrogens with one attached hydrogen (secondary N) is 3. The van der Waals surface area contributed by atoms with E-state index >= 15 is 0 Å². The monoisotopic (exact) mass is 586 g/mol. The summed E-state index contributed by atoms with van der Waals surface area (Å²) >= 11 is 6.27. The average Bonchev–Trinajstić information content (AvgIpc) is 3.25. The lowest BCUT2D eigenvalue weighted by Crippen LogP contribution is -2.21. The SMILES string of the molecule is O=C(Nc1cc(NC(=O)c2cc(F)cc(C(F)(F)F)c2)c2c(c1)C(=O)N[C@@H]2c1cc(F)ccc1Cl)c1cccnc1. The Hall–Kier alpha value is -4.84. The third-order valence-corrected chi connectivity index (χ3v) is 6.52. The fourth-order valence-corrected chi connectivity index (χ4v) is 4.58. The minimum absolute atomic E-state index is 0.0317. The number of hydrogen-bond acceptors (Lipinski definition) is 4. The fourth-order valence-electron chi connectivity index (χ4n) is 4.36. The van der Waals surface area contributed by atoms with Gasteiger partial charge in [-0.1, -0.05) is 11.6 Å². The molecule has 0 fully saturated rings. The highest BCUT2D eigenvalue weighted by Gasteiger charge is 2.36. The van der Waals surface area contributed by atoms with Crippen LogP contribution < -0.4 is 16.0 Å². The molecule has 41 heavy (non-hydrogen) atoms. The molecule has 3 N–H and O–H groups in total. The summed E-state index contributed by atoms with van der Waals surface area (Å²) in [7, 11) is 0. The number of benzene rings is 3. The van der Waals surface area contributed by atoms with Crippen molar-refractivity contribution in [2.24, 2.45) is 0 Å². The summed E-state index contributed by atoms with van der Waals surface area (Å²) in [5.74, 6) is -4.38. The zero-order valence-electron chi connectivity index (χ0n) is 20.4.